The van der Waals surface area contributed by atoms with Gasteiger partial charge in [-0.2, -0.15) is 5.26 Å². The van der Waals surface area contributed by atoms with E-state index in [9.17, 15) is 9.65 Å². The van der Waals surface area contributed by atoms with Gasteiger partial charge in [0.05, 0.1) is 6.07 Å². The number of fused-ring (bicyclic) bond motifs is 1. The average molecular weight is 289 g/mol. The summed E-state index contributed by atoms with van der Waals surface area (Å²) in [7, 11) is 0. The molecule has 0 amide bonds. The van der Waals surface area contributed by atoms with Crippen molar-refractivity contribution in [2.24, 2.45) is 0 Å². The Morgan fingerprint density at radius 2 is 2.24 bits per heavy atom. The van der Waals surface area contributed by atoms with Crippen LogP contribution in [0.4, 0.5) is 10.1 Å². The van der Waals surface area contributed by atoms with Crippen molar-refractivity contribution in [3.63, 3.8) is 0 Å². The molecule has 1 aromatic carbocycles. The van der Waals surface area contributed by atoms with Gasteiger partial charge in [0.2, 0.25) is 0 Å². The normalized spacial score (nSPS) is 16.4. The van der Waals surface area contributed by atoms with E-state index in [0.717, 1.165) is 51.0 Å². The second-order valence-electron chi connectivity index (χ2n) is 5.94. The summed E-state index contributed by atoms with van der Waals surface area (Å²) in [5.74, 6) is -0.162. The first kappa shape index (κ1) is 15.8. The van der Waals surface area contributed by atoms with Crippen LogP contribution in [0.25, 0.3) is 0 Å². The van der Waals surface area contributed by atoms with Crippen molar-refractivity contribution in [1.29, 1.82) is 5.26 Å². The first-order valence-electron chi connectivity index (χ1n) is 7.77. The van der Waals surface area contributed by atoms with Crippen molar-refractivity contribution in [2.75, 3.05) is 24.5 Å². The molecule has 0 spiro atoms. The SMILES string of the molecule is CCNC(C)(C#N)CCCCN1CCc2ccc(F)cc21. The van der Waals surface area contributed by atoms with Crippen LogP contribution in [0.3, 0.4) is 0 Å². The Labute approximate surface area is 126 Å². The molecule has 1 unspecified atom stereocenters. The lowest BCUT2D eigenvalue weighted by atomic mass is 9.96. The number of halogens is 1. The molecule has 0 aromatic heterocycles. The van der Waals surface area contributed by atoms with Crippen molar-refractivity contribution >= 4 is 5.69 Å². The minimum absolute atomic E-state index is 0.162. The molecule has 0 radical (unpaired) electrons. The Morgan fingerprint density at radius 1 is 1.43 bits per heavy atom. The molecule has 2 rings (SSSR count). The summed E-state index contributed by atoms with van der Waals surface area (Å²) in [6.45, 7) is 6.69. The Kier molecular flexibility index (Phi) is 5.19. The zero-order valence-corrected chi connectivity index (χ0v) is 13.0. The Balaban J connectivity index is 1.81. The molecule has 4 heteroatoms. The summed E-state index contributed by atoms with van der Waals surface area (Å²) in [5, 5.41) is 12.5. The predicted octanol–water partition coefficient (Wildman–Crippen LogP) is 3.25. The van der Waals surface area contributed by atoms with E-state index in [2.05, 4.69) is 16.3 Å². The summed E-state index contributed by atoms with van der Waals surface area (Å²) in [5.41, 5.74) is 1.86. The van der Waals surface area contributed by atoms with Gasteiger partial charge in [-0.05, 0) is 56.8 Å². The van der Waals surface area contributed by atoms with Gasteiger partial charge in [-0.3, -0.25) is 5.32 Å². The van der Waals surface area contributed by atoms with E-state index in [1.165, 1.54) is 11.6 Å². The summed E-state index contributed by atoms with van der Waals surface area (Å²) in [6.07, 6.45) is 3.88. The zero-order chi connectivity index (χ0) is 15.3. The molecule has 1 heterocycles. The van der Waals surface area contributed by atoms with Gasteiger partial charge in [-0.15, -0.1) is 0 Å². The number of nitrogens with zero attached hydrogens (tertiary/aromatic N) is 2. The third-order valence-electron chi connectivity index (χ3n) is 4.21. The van der Waals surface area contributed by atoms with Gasteiger partial charge < -0.3 is 4.90 Å². The standard InChI is InChI=1S/C17H24FN3/c1-3-20-17(2,13-19)9-4-5-10-21-11-8-14-6-7-15(18)12-16(14)21/h6-7,12,20H,3-5,8-11H2,1-2H3. The molecular formula is C17H24FN3. The Morgan fingerprint density at radius 3 is 2.95 bits per heavy atom. The highest BCUT2D eigenvalue weighted by Gasteiger charge is 2.22. The predicted molar refractivity (Wildman–Crippen MR) is 83.9 cm³/mol. The largest absolute Gasteiger partial charge is 0.371 e. The molecule has 3 nitrogen and oxygen atoms in total. The molecule has 1 aliphatic rings. The molecule has 1 aromatic rings. The number of rotatable bonds is 7. The molecule has 0 bridgehead atoms. The fraction of sp³-hybridized carbons (Fsp3) is 0.588. The lowest BCUT2D eigenvalue weighted by molar-refractivity contribution is 0.411. The van der Waals surface area contributed by atoms with Gasteiger partial charge in [-0.1, -0.05) is 13.0 Å². The van der Waals surface area contributed by atoms with Crippen LogP contribution in [0.1, 0.15) is 38.7 Å². The molecule has 114 valence electrons. The van der Waals surface area contributed by atoms with Gasteiger partial charge in [0.25, 0.3) is 0 Å². The van der Waals surface area contributed by atoms with Crippen LogP contribution in [0.15, 0.2) is 18.2 Å². The summed E-state index contributed by atoms with van der Waals surface area (Å²) in [4.78, 5) is 2.26. The highest BCUT2D eigenvalue weighted by molar-refractivity contribution is 5.58. The summed E-state index contributed by atoms with van der Waals surface area (Å²) in [6, 6.07) is 7.43. The van der Waals surface area contributed by atoms with E-state index in [-0.39, 0.29) is 5.82 Å². The van der Waals surface area contributed by atoms with Crippen LogP contribution < -0.4 is 10.2 Å². The second-order valence-corrected chi connectivity index (χ2v) is 5.94. The van der Waals surface area contributed by atoms with Crippen LogP contribution in [0.5, 0.6) is 0 Å². The number of unbranched alkanes of at least 4 members (excludes halogenated alkanes) is 1. The molecule has 1 atom stereocenters. The fourth-order valence-electron chi connectivity index (χ4n) is 3.01. The molecule has 0 saturated heterocycles. The van der Waals surface area contributed by atoms with Crippen molar-refractivity contribution < 1.29 is 4.39 Å². The van der Waals surface area contributed by atoms with E-state index < -0.39 is 5.54 Å². The molecule has 1 aliphatic heterocycles. The maximum Gasteiger partial charge on any atom is 0.125 e. The quantitative estimate of drug-likeness (QED) is 0.783. The van der Waals surface area contributed by atoms with Crippen LogP contribution >= 0.6 is 0 Å². The molecule has 0 aliphatic carbocycles. The number of benzene rings is 1. The van der Waals surface area contributed by atoms with Gasteiger partial charge in [-0.25, -0.2) is 4.39 Å². The van der Waals surface area contributed by atoms with Crippen LogP contribution in [0.2, 0.25) is 0 Å². The van der Waals surface area contributed by atoms with Crippen LogP contribution in [-0.4, -0.2) is 25.2 Å². The first-order chi connectivity index (χ1) is 10.1. The van der Waals surface area contributed by atoms with E-state index in [4.69, 9.17) is 0 Å². The minimum atomic E-state index is -0.427. The number of hydrogen-bond donors (Lipinski definition) is 1. The van der Waals surface area contributed by atoms with Gasteiger partial charge >= 0.3 is 0 Å². The van der Waals surface area contributed by atoms with Crippen LogP contribution in [-0.2, 0) is 6.42 Å². The van der Waals surface area contributed by atoms with Crippen molar-refractivity contribution in [3.05, 3.63) is 29.6 Å². The molecular weight excluding hydrogens is 265 g/mol. The third kappa shape index (κ3) is 3.95. The molecule has 0 fully saturated rings. The van der Waals surface area contributed by atoms with E-state index in [0.29, 0.717) is 0 Å². The minimum Gasteiger partial charge on any atom is -0.371 e. The number of anilines is 1. The molecule has 0 saturated carbocycles. The molecule has 21 heavy (non-hydrogen) atoms. The number of nitrogens with one attached hydrogen (secondary N) is 1. The number of nitriles is 1. The maximum atomic E-state index is 13.3. The van der Waals surface area contributed by atoms with E-state index in [1.807, 2.05) is 19.9 Å². The van der Waals surface area contributed by atoms with E-state index in [1.54, 1.807) is 6.07 Å². The van der Waals surface area contributed by atoms with Crippen molar-refractivity contribution in [3.8, 4) is 6.07 Å². The Bertz CT molecular complexity index is 523. The van der Waals surface area contributed by atoms with Gasteiger partial charge in [0.1, 0.15) is 11.4 Å². The second kappa shape index (κ2) is 6.91. The monoisotopic (exact) mass is 289 g/mol. The average Bonchev–Trinajstić information content (AvgIpc) is 2.86. The van der Waals surface area contributed by atoms with Gasteiger partial charge in [0, 0.05) is 18.8 Å². The van der Waals surface area contributed by atoms with Crippen molar-refractivity contribution in [2.45, 2.75) is 45.1 Å². The maximum absolute atomic E-state index is 13.3. The highest BCUT2D eigenvalue weighted by Crippen LogP contribution is 2.29. The van der Waals surface area contributed by atoms with Crippen LogP contribution in [0, 0.1) is 17.1 Å². The number of hydrogen-bond acceptors (Lipinski definition) is 3. The van der Waals surface area contributed by atoms with E-state index >= 15 is 0 Å². The highest BCUT2D eigenvalue weighted by atomic mass is 19.1. The molecule has 1 N–H and O–H groups in total. The topological polar surface area (TPSA) is 39.1 Å². The zero-order valence-electron chi connectivity index (χ0n) is 13.0. The third-order valence-corrected chi connectivity index (χ3v) is 4.21. The fourth-order valence-corrected chi connectivity index (χ4v) is 3.01. The first-order valence-corrected chi connectivity index (χ1v) is 7.77. The summed E-state index contributed by atoms with van der Waals surface area (Å²) < 4.78 is 13.3. The lowest BCUT2D eigenvalue weighted by Gasteiger charge is -2.24. The lowest BCUT2D eigenvalue weighted by Crippen LogP contribution is -2.40. The smallest absolute Gasteiger partial charge is 0.125 e. The Hall–Kier alpha value is -1.60. The van der Waals surface area contributed by atoms with Gasteiger partial charge in [0.15, 0.2) is 0 Å². The van der Waals surface area contributed by atoms with Crippen molar-refractivity contribution in [1.82, 2.24) is 5.32 Å². The summed E-state index contributed by atoms with van der Waals surface area (Å²) >= 11 is 0.